The summed E-state index contributed by atoms with van der Waals surface area (Å²) in [6.07, 6.45) is 6.77. The monoisotopic (exact) mass is 582 g/mol. The van der Waals surface area contributed by atoms with Gasteiger partial charge in [0.25, 0.3) is 0 Å². The van der Waals surface area contributed by atoms with E-state index in [9.17, 15) is 4.79 Å². The summed E-state index contributed by atoms with van der Waals surface area (Å²) in [5.74, 6) is 1.27. The molecule has 0 atom stereocenters. The Balaban J connectivity index is 1.37. The van der Waals surface area contributed by atoms with Crippen LogP contribution in [0.15, 0.2) is 71.9 Å². The third kappa shape index (κ3) is 5.46. The molecule has 174 valence electrons. The standard InChI is InChI=1S/C27H27IN4OS/c28-21-13-15-22(16-14-21)29-26(33)18-34-27-31-30-25(32(27)23-10-2-1-3-11-23)17-20-9-6-8-19-7-4-5-12-24(19)20/h4-9,12-16,23H,1-3,10-11,17-18H2,(H,29,33). The molecule has 1 amide bonds. The molecule has 4 aromatic rings. The molecule has 0 saturated heterocycles. The molecule has 0 aliphatic heterocycles. The van der Waals surface area contributed by atoms with Gasteiger partial charge < -0.3 is 9.88 Å². The molecule has 7 heteroatoms. The molecular formula is C27H27IN4OS. The number of hydrogen-bond acceptors (Lipinski definition) is 4. The van der Waals surface area contributed by atoms with E-state index in [0.717, 1.165) is 39.5 Å². The molecule has 0 spiro atoms. The molecule has 1 aromatic heterocycles. The predicted molar refractivity (Wildman–Crippen MR) is 147 cm³/mol. The molecule has 1 N–H and O–H groups in total. The van der Waals surface area contributed by atoms with Gasteiger partial charge in [-0.25, -0.2) is 0 Å². The maximum atomic E-state index is 12.6. The molecule has 1 aliphatic rings. The van der Waals surface area contributed by atoms with E-state index in [0.29, 0.717) is 11.8 Å². The second-order valence-electron chi connectivity index (χ2n) is 8.72. The number of rotatable bonds is 7. The Morgan fingerprint density at radius 1 is 0.971 bits per heavy atom. The zero-order valence-electron chi connectivity index (χ0n) is 18.9. The fraction of sp³-hybridized carbons (Fsp3) is 0.296. The maximum Gasteiger partial charge on any atom is 0.234 e. The lowest BCUT2D eigenvalue weighted by Gasteiger charge is -2.25. The van der Waals surface area contributed by atoms with Gasteiger partial charge in [0.2, 0.25) is 5.91 Å². The number of carbonyl (C=O) groups is 1. The van der Waals surface area contributed by atoms with Crippen molar-refractivity contribution < 1.29 is 4.79 Å². The summed E-state index contributed by atoms with van der Waals surface area (Å²) >= 11 is 3.74. The number of fused-ring (bicyclic) bond motifs is 1. The molecule has 0 bridgehead atoms. The number of aromatic nitrogens is 3. The number of nitrogens with zero attached hydrogens (tertiary/aromatic N) is 3. The first-order valence-electron chi connectivity index (χ1n) is 11.8. The first-order chi connectivity index (χ1) is 16.7. The molecule has 1 fully saturated rings. The van der Waals surface area contributed by atoms with Gasteiger partial charge in [-0.15, -0.1) is 10.2 Å². The highest BCUT2D eigenvalue weighted by Crippen LogP contribution is 2.34. The van der Waals surface area contributed by atoms with E-state index < -0.39 is 0 Å². The maximum absolute atomic E-state index is 12.6. The number of halogens is 1. The van der Waals surface area contributed by atoms with Crippen LogP contribution in [0.4, 0.5) is 5.69 Å². The molecule has 1 saturated carbocycles. The summed E-state index contributed by atoms with van der Waals surface area (Å²) in [6, 6.07) is 23.2. The number of amides is 1. The summed E-state index contributed by atoms with van der Waals surface area (Å²) in [6.45, 7) is 0. The normalized spacial score (nSPS) is 14.4. The number of thioether (sulfide) groups is 1. The summed E-state index contributed by atoms with van der Waals surface area (Å²) in [5, 5.41) is 15.5. The van der Waals surface area contributed by atoms with Crippen molar-refractivity contribution in [2.75, 3.05) is 11.1 Å². The van der Waals surface area contributed by atoms with Gasteiger partial charge in [-0.2, -0.15) is 0 Å². The van der Waals surface area contributed by atoms with E-state index in [1.807, 2.05) is 24.3 Å². The van der Waals surface area contributed by atoms with Gasteiger partial charge >= 0.3 is 0 Å². The summed E-state index contributed by atoms with van der Waals surface area (Å²) in [4.78, 5) is 12.6. The van der Waals surface area contributed by atoms with Crippen LogP contribution in [-0.4, -0.2) is 26.4 Å². The molecule has 3 aromatic carbocycles. The second-order valence-corrected chi connectivity index (χ2v) is 10.9. The Morgan fingerprint density at radius 2 is 1.74 bits per heavy atom. The van der Waals surface area contributed by atoms with E-state index in [4.69, 9.17) is 0 Å². The van der Waals surface area contributed by atoms with Gasteiger partial charge in [0, 0.05) is 21.7 Å². The Kier molecular flexibility index (Phi) is 7.49. The Labute approximate surface area is 217 Å². The number of nitrogens with one attached hydrogen (secondary N) is 1. The highest BCUT2D eigenvalue weighted by molar-refractivity contribution is 14.1. The van der Waals surface area contributed by atoms with E-state index in [1.165, 1.54) is 47.4 Å². The van der Waals surface area contributed by atoms with Crippen molar-refractivity contribution in [3.05, 3.63) is 81.7 Å². The Morgan fingerprint density at radius 3 is 2.56 bits per heavy atom. The van der Waals surface area contributed by atoms with Crippen LogP contribution in [0.1, 0.15) is 49.5 Å². The molecule has 0 unspecified atom stereocenters. The fourth-order valence-electron chi connectivity index (χ4n) is 4.71. The van der Waals surface area contributed by atoms with E-state index in [1.54, 1.807) is 0 Å². The van der Waals surface area contributed by atoms with Gasteiger partial charge in [-0.1, -0.05) is 73.5 Å². The van der Waals surface area contributed by atoms with Gasteiger partial charge in [-0.3, -0.25) is 4.79 Å². The van der Waals surface area contributed by atoms with Crippen LogP contribution >= 0.6 is 34.4 Å². The molecule has 1 heterocycles. The minimum Gasteiger partial charge on any atom is -0.325 e. The van der Waals surface area contributed by atoms with Crippen LogP contribution in [0.5, 0.6) is 0 Å². The molecule has 34 heavy (non-hydrogen) atoms. The van der Waals surface area contributed by atoms with E-state index >= 15 is 0 Å². The van der Waals surface area contributed by atoms with Crippen LogP contribution in [0.25, 0.3) is 10.8 Å². The minimum atomic E-state index is -0.0278. The molecular weight excluding hydrogens is 555 g/mol. The van der Waals surface area contributed by atoms with Gasteiger partial charge in [-0.05, 0) is 76.0 Å². The first-order valence-corrected chi connectivity index (χ1v) is 13.8. The zero-order chi connectivity index (χ0) is 23.3. The van der Waals surface area contributed by atoms with Crippen molar-refractivity contribution in [2.24, 2.45) is 0 Å². The van der Waals surface area contributed by atoms with Crippen LogP contribution in [-0.2, 0) is 11.2 Å². The quantitative estimate of drug-likeness (QED) is 0.191. The highest BCUT2D eigenvalue weighted by Gasteiger charge is 2.24. The SMILES string of the molecule is O=C(CSc1nnc(Cc2cccc3ccccc23)n1C1CCCCC1)Nc1ccc(I)cc1. The highest BCUT2D eigenvalue weighted by atomic mass is 127. The van der Waals surface area contributed by atoms with Crippen LogP contribution in [0, 0.1) is 3.57 Å². The first kappa shape index (κ1) is 23.4. The number of carbonyl (C=O) groups excluding carboxylic acids is 1. The van der Waals surface area contributed by atoms with Crippen molar-refractivity contribution >= 4 is 56.7 Å². The predicted octanol–water partition coefficient (Wildman–Crippen LogP) is 6.86. The van der Waals surface area contributed by atoms with Crippen molar-refractivity contribution in [3.8, 4) is 0 Å². The van der Waals surface area contributed by atoms with Crippen molar-refractivity contribution in [2.45, 2.75) is 49.7 Å². The topological polar surface area (TPSA) is 59.8 Å². The zero-order valence-corrected chi connectivity index (χ0v) is 21.9. The smallest absolute Gasteiger partial charge is 0.234 e. The van der Waals surface area contributed by atoms with Crippen molar-refractivity contribution in [3.63, 3.8) is 0 Å². The lowest BCUT2D eigenvalue weighted by molar-refractivity contribution is -0.113. The Hall–Kier alpha value is -2.39. The largest absolute Gasteiger partial charge is 0.325 e. The number of anilines is 1. The van der Waals surface area contributed by atoms with Gasteiger partial charge in [0.05, 0.1) is 5.75 Å². The summed E-state index contributed by atoms with van der Waals surface area (Å²) < 4.78 is 3.47. The average molecular weight is 583 g/mol. The molecule has 5 nitrogen and oxygen atoms in total. The van der Waals surface area contributed by atoms with Crippen molar-refractivity contribution in [1.29, 1.82) is 0 Å². The van der Waals surface area contributed by atoms with E-state index in [2.05, 4.69) is 85.1 Å². The Bertz CT molecular complexity index is 1280. The average Bonchev–Trinajstić information content (AvgIpc) is 3.27. The third-order valence-electron chi connectivity index (χ3n) is 6.36. The molecule has 5 rings (SSSR count). The molecule has 0 radical (unpaired) electrons. The van der Waals surface area contributed by atoms with Crippen LogP contribution < -0.4 is 5.32 Å². The number of hydrogen-bond donors (Lipinski definition) is 1. The van der Waals surface area contributed by atoms with Gasteiger partial charge in [0.15, 0.2) is 5.16 Å². The van der Waals surface area contributed by atoms with Crippen LogP contribution in [0.3, 0.4) is 0 Å². The number of benzene rings is 3. The lowest BCUT2D eigenvalue weighted by atomic mass is 9.95. The van der Waals surface area contributed by atoms with Crippen molar-refractivity contribution in [1.82, 2.24) is 14.8 Å². The third-order valence-corrected chi connectivity index (χ3v) is 8.03. The fourth-order valence-corrected chi connectivity index (χ4v) is 5.89. The summed E-state index contributed by atoms with van der Waals surface area (Å²) in [7, 11) is 0. The molecule has 1 aliphatic carbocycles. The minimum absolute atomic E-state index is 0.0278. The van der Waals surface area contributed by atoms with Crippen LogP contribution in [0.2, 0.25) is 0 Å². The summed E-state index contributed by atoms with van der Waals surface area (Å²) in [5.41, 5.74) is 2.08. The lowest BCUT2D eigenvalue weighted by Crippen LogP contribution is -2.18. The second kappa shape index (κ2) is 10.9. The van der Waals surface area contributed by atoms with E-state index in [-0.39, 0.29) is 5.91 Å². The van der Waals surface area contributed by atoms with Gasteiger partial charge in [0.1, 0.15) is 5.82 Å².